The number of benzene rings is 1. The highest BCUT2D eigenvalue weighted by Crippen LogP contribution is 2.36. The summed E-state index contributed by atoms with van der Waals surface area (Å²) in [5, 5.41) is 4.50. The second-order valence-corrected chi connectivity index (χ2v) is 9.39. The third kappa shape index (κ3) is 4.12. The van der Waals surface area contributed by atoms with Gasteiger partial charge in [-0.3, -0.25) is 4.68 Å². The van der Waals surface area contributed by atoms with Crippen LogP contribution < -0.4 is 4.90 Å². The Morgan fingerprint density at radius 2 is 1.80 bits per heavy atom. The van der Waals surface area contributed by atoms with E-state index in [4.69, 9.17) is 14.7 Å². The number of halogens is 2. The quantitative estimate of drug-likeness (QED) is 0.429. The standard InChI is InChI=1S/C25H25F2N7O/c1-13-10-33(12-21(35-13)16-9-28-34(11-16)18-5-6-18)25-31-22(19-7-4-17(26)8-20(19)27)23-24(32-25)30-15(3)14(2)29-23/h4,7-9,11,13,18,21H,5-6,10,12H2,1-3H3/t13-,21-/m0/s1. The van der Waals surface area contributed by atoms with Crippen molar-refractivity contribution in [2.24, 2.45) is 0 Å². The zero-order chi connectivity index (χ0) is 24.3. The first-order valence-corrected chi connectivity index (χ1v) is 11.8. The molecule has 2 fully saturated rings. The predicted molar refractivity (Wildman–Crippen MR) is 126 cm³/mol. The lowest BCUT2D eigenvalue weighted by Gasteiger charge is -2.36. The van der Waals surface area contributed by atoms with E-state index in [0.29, 0.717) is 41.9 Å². The van der Waals surface area contributed by atoms with Crippen LogP contribution in [-0.2, 0) is 4.74 Å². The fourth-order valence-electron chi connectivity index (χ4n) is 4.47. The Hall–Kier alpha value is -3.53. The van der Waals surface area contributed by atoms with Gasteiger partial charge in [-0.25, -0.2) is 23.7 Å². The number of morpholine rings is 1. The molecule has 6 rings (SSSR count). The van der Waals surface area contributed by atoms with Crippen LogP contribution in [0, 0.1) is 25.5 Å². The average Bonchev–Trinajstić information content (AvgIpc) is 3.55. The van der Waals surface area contributed by atoms with Gasteiger partial charge in [0.2, 0.25) is 5.95 Å². The molecule has 0 bridgehead atoms. The van der Waals surface area contributed by atoms with E-state index < -0.39 is 11.6 Å². The Morgan fingerprint density at radius 3 is 2.57 bits per heavy atom. The molecule has 4 aromatic rings. The van der Waals surface area contributed by atoms with Gasteiger partial charge in [-0.15, -0.1) is 0 Å². The average molecular weight is 478 g/mol. The summed E-state index contributed by atoms with van der Waals surface area (Å²) in [7, 11) is 0. The number of fused-ring (bicyclic) bond motifs is 1. The zero-order valence-corrected chi connectivity index (χ0v) is 19.7. The lowest BCUT2D eigenvalue weighted by atomic mass is 10.1. The molecule has 10 heteroatoms. The van der Waals surface area contributed by atoms with Crippen LogP contribution in [0.5, 0.6) is 0 Å². The normalized spacial score (nSPS) is 20.5. The molecule has 0 N–H and O–H groups in total. The number of hydrogen-bond donors (Lipinski definition) is 0. The molecule has 1 saturated heterocycles. The van der Waals surface area contributed by atoms with Crippen molar-refractivity contribution in [2.75, 3.05) is 18.0 Å². The Morgan fingerprint density at radius 1 is 1.00 bits per heavy atom. The molecule has 2 atom stereocenters. The fourth-order valence-corrected chi connectivity index (χ4v) is 4.47. The van der Waals surface area contributed by atoms with Crippen LogP contribution in [0.3, 0.4) is 0 Å². The van der Waals surface area contributed by atoms with Crippen molar-refractivity contribution in [2.45, 2.75) is 51.9 Å². The van der Waals surface area contributed by atoms with Gasteiger partial charge in [-0.1, -0.05) is 0 Å². The highest BCUT2D eigenvalue weighted by molar-refractivity contribution is 5.88. The van der Waals surface area contributed by atoms with E-state index in [-0.39, 0.29) is 23.5 Å². The fraction of sp³-hybridized carbons (Fsp3) is 0.400. The molecule has 180 valence electrons. The highest BCUT2D eigenvalue weighted by Gasteiger charge is 2.32. The molecule has 1 aliphatic carbocycles. The number of hydrogen-bond acceptors (Lipinski definition) is 7. The molecule has 0 unspecified atom stereocenters. The van der Waals surface area contributed by atoms with Gasteiger partial charge in [0.25, 0.3) is 0 Å². The molecule has 1 saturated carbocycles. The van der Waals surface area contributed by atoms with Crippen LogP contribution in [0.4, 0.5) is 14.7 Å². The van der Waals surface area contributed by atoms with Gasteiger partial charge < -0.3 is 9.64 Å². The summed E-state index contributed by atoms with van der Waals surface area (Å²) in [4.78, 5) is 20.7. The van der Waals surface area contributed by atoms with E-state index in [1.807, 2.05) is 36.5 Å². The van der Waals surface area contributed by atoms with Crippen LogP contribution in [0.2, 0.25) is 0 Å². The van der Waals surface area contributed by atoms with E-state index in [0.717, 1.165) is 30.2 Å². The molecule has 0 amide bonds. The van der Waals surface area contributed by atoms with Gasteiger partial charge in [0.05, 0.1) is 36.3 Å². The van der Waals surface area contributed by atoms with Crippen LogP contribution in [0.1, 0.15) is 48.9 Å². The summed E-state index contributed by atoms with van der Waals surface area (Å²) in [6.45, 7) is 6.75. The Balaban J connectivity index is 1.43. The summed E-state index contributed by atoms with van der Waals surface area (Å²) in [6.07, 6.45) is 5.93. The maximum absolute atomic E-state index is 14.8. The summed E-state index contributed by atoms with van der Waals surface area (Å²) in [6, 6.07) is 3.93. The van der Waals surface area contributed by atoms with E-state index in [1.165, 1.54) is 12.1 Å². The maximum atomic E-state index is 14.8. The summed E-state index contributed by atoms with van der Waals surface area (Å²) < 4.78 is 36.7. The molecule has 4 heterocycles. The number of aromatic nitrogens is 6. The summed E-state index contributed by atoms with van der Waals surface area (Å²) >= 11 is 0. The van der Waals surface area contributed by atoms with Crippen LogP contribution in [0.25, 0.3) is 22.4 Å². The molecule has 1 aliphatic heterocycles. The van der Waals surface area contributed by atoms with E-state index in [1.54, 1.807) is 0 Å². The van der Waals surface area contributed by atoms with Gasteiger partial charge in [0.1, 0.15) is 28.9 Å². The minimum absolute atomic E-state index is 0.0887. The van der Waals surface area contributed by atoms with E-state index in [9.17, 15) is 8.78 Å². The van der Waals surface area contributed by atoms with Crippen molar-refractivity contribution in [3.63, 3.8) is 0 Å². The first-order chi connectivity index (χ1) is 16.9. The van der Waals surface area contributed by atoms with Crippen molar-refractivity contribution in [1.29, 1.82) is 0 Å². The SMILES string of the molecule is Cc1nc2nc(N3C[C@@H](c4cnn(C5CC5)c4)O[C@@H](C)C3)nc(-c3ccc(F)cc3F)c2nc1C. The second-order valence-electron chi connectivity index (χ2n) is 9.39. The van der Waals surface area contributed by atoms with E-state index >= 15 is 0 Å². The molecular formula is C25H25F2N7O. The number of nitrogens with zero attached hydrogens (tertiary/aromatic N) is 7. The minimum atomic E-state index is -0.711. The van der Waals surface area contributed by atoms with Gasteiger partial charge >= 0.3 is 0 Å². The molecule has 0 spiro atoms. The second kappa shape index (κ2) is 8.30. The van der Waals surface area contributed by atoms with Gasteiger partial charge in [0, 0.05) is 29.9 Å². The molecular weight excluding hydrogens is 452 g/mol. The summed E-state index contributed by atoms with van der Waals surface area (Å²) in [5.74, 6) is -0.959. The monoisotopic (exact) mass is 477 g/mol. The van der Waals surface area contributed by atoms with Gasteiger partial charge in [-0.2, -0.15) is 10.1 Å². The van der Waals surface area contributed by atoms with Crippen molar-refractivity contribution < 1.29 is 13.5 Å². The van der Waals surface area contributed by atoms with E-state index in [2.05, 4.69) is 21.3 Å². The van der Waals surface area contributed by atoms with Gasteiger partial charge in [0.15, 0.2) is 5.65 Å². The van der Waals surface area contributed by atoms with Crippen molar-refractivity contribution in [3.05, 3.63) is 59.2 Å². The Labute approximate surface area is 201 Å². The highest BCUT2D eigenvalue weighted by atomic mass is 19.1. The number of ether oxygens (including phenoxy) is 1. The van der Waals surface area contributed by atoms with Crippen LogP contribution in [0.15, 0.2) is 30.6 Å². The minimum Gasteiger partial charge on any atom is -0.367 e. The Bertz CT molecular complexity index is 1440. The predicted octanol–water partition coefficient (Wildman–Crippen LogP) is 4.48. The summed E-state index contributed by atoms with van der Waals surface area (Å²) in [5.41, 5.74) is 3.63. The first-order valence-electron chi connectivity index (χ1n) is 11.8. The molecule has 0 radical (unpaired) electrons. The maximum Gasteiger partial charge on any atom is 0.228 e. The van der Waals surface area contributed by atoms with Crippen molar-refractivity contribution >= 4 is 17.1 Å². The molecule has 1 aromatic carbocycles. The van der Waals surface area contributed by atoms with Crippen LogP contribution >= 0.6 is 0 Å². The van der Waals surface area contributed by atoms with Crippen molar-refractivity contribution in [1.82, 2.24) is 29.7 Å². The molecule has 2 aliphatic rings. The largest absolute Gasteiger partial charge is 0.367 e. The first kappa shape index (κ1) is 22.0. The lowest BCUT2D eigenvalue weighted by molar-refractivity contribution is -0.0178. The number of anilines is 1. The van der Waals surface area contributed by atoms with Gasteiger partial charge in [-0.05, 0) is 45.7 Å². The third-order valence-corrected chi connectivity index (χ3v) is 6.57. The van der Waals surface area contributed by atoms with Crippen molar-refractivity contribution in [3.8, 4) is 11.3 Å². The molecule has 8 nitrogen and oxygen atoms in total. The Kier molecular flexibility index (Phi) is 5.21. The topological polar surface area (TPSA) is 81.9 Å². The zero-order valence-electron chi connectivity index (χ0n) is 19.7. The van der Waals surface area contributed by atoms with Crippen LogP contribution in [-0.4, -0.2) is 48.9 Å². The molecule has 35 heavy (non-hydrogen) atoms. The molecule has 3 aromatic heterocycles. The smallest absolute Gasteiger partial charge is 0.228 e. The number of aryl methyl sites for hydroxylation is 2. The number of rotatable bonds is 4. The third-order valence-electron chi connectivity index (χ3n) is 6.57. The lowest BCUT2D eigenvalue weighted by Crippen LogP contribution is -2.43.